The standard InChI is InChI=1S/C8H6O2/c9-5-6-1-2-8-7(6)3-4-10-8/h1-3,5H,4H2. The third-order valence-corrected chi connectivity index (χ3v) is 1.64. The molecule has 0 aromatic carbocycles. The smallest absolute Gasteiger partial charge is 0.150 e. The van der Waals surface area contributed by atoms with Crippen molar-refractivity contribution >= 4 is 6.29 Å². The van der Waals surface area contributed by atoms with Gasteiger partial charge < -0.3 is 4.74 Å². The van der Waals surface area contributed by atoms with Gasteiger partial charge >= 0.3 is 0 Å². The van der Waals surface area contributed by atoms with Crippen molar-refractivity contribution in [1.82, 2.24) is 0 Å². The fraction of sp³-hybridized carbons (Fsp3) is 0.125. The monoisotopic (exact) mass is 134 g/mol. The Bertz CT molecular complexity index is 269. The average molecular weight is 134 g/mol. The van der Waals surface area contributed by atoms with Crippen LogP contribution in [0.2, 0.25) is 0 Å². The van der Waals surface area contributed by atoms with E-state index >= 15 is 0 Å². The summed E-state index contributed by atoms with van der Waals surface area (Å²) in [6, 6.07) is 0. The molecule has 0 unspecified atom stereocenters. The van der Waals surface area contributed by atoms with Crippen molar-refractivity contribution in [2.75, 3.05) is 6.61 Å². The normalized spacial score (nSPS) is 20.6. The second-order valence-electron chi connectivity index (χ2n) is 2.20. The summed E-state index contributed by atoms with van der Waals surface area (Å²) in [5.41, 5.74) is 1.68. The summed E-state index contributed by atoms with van der Waals surface area (Å²) in [6.45, 7) is 0.604. The molecule has 0 bridgehead atoms. The first-order chi connectivity index (χ1) is 4.92. The lowest BCUT2D eigenvalue weighted by atomic mass is 10.1. The Labute approximate surface area is 58.5 Å². The molecule has 0 aromatic heterocycles. The maximum absolute atomic E-state index is 10.4. The first-order valence-corrected chi connectivity index (χ1v) is 3.12. The van der Waals surface area contributed by atoms with E-state index in [0.29, 0.717) is 6.61 Å². The fourth-order valence-electron chi connectivity index (χ4n) is 1.15. The van der Waals surface area contributed by atoms with Crippen molar-refractivity contribution in [3.63, 3.8) is 0 Å². The van der Waals surface area contributed by atoms with Crippen LogP contribution in [0.5, 0.6) is 0 Å². The van der Waals surface area contributed by atoms with Crippen LogP contribution in [0, 0.1) is 0 Å². The van der Waals surface area contributed by atoms with Crippen molar-refractivity contribution in [1.29, 1.82) is 0 Å². The molecule has 0 amide bonds. The summed E-state index contributed by atoms with van der Waals surface area (Å²) in [5.74, 6) is 0.835. The van der Waals surface area contributed by atoms with E-state index < -0.39 is 0 Å². The Morgan fingerprint density at radius 1 is 1.50 bits per heavy atom. The minimum absolute atomic E-state index is 0.604. The molecule has 0 saturated carbocycles. The molecule has 0 fully saturated rings. The van der Waals surface area contributed by atoms with E-state index in [1.54, 1.807) is 6.08 Å². The van der Waals surface area contributed by atoms with E-state index in [1.807, 2.05) is 12.2 Å². The molecule has 50 valence electrons. The van der Waals surface area contributed by atoms with Gasteiger partial charge in [0.25, 0.3) is 0 Å². The molecule has 0 spiro atoms. The van der Waals surface area contributed by atoms with Crippen molar-refractivity contribution in [3.8, 4) is 0 Å². The van der Waals surface area contributed by atoms with Crippen LogP contribution in [0.25, 0.3) is 0 Å². The van der Waals surface area contributed by atoms with Crippen LogP contribution >= 0.6 is 0 Å². The minimum atomic E-state index is 0.604. The number of hydrogen-bond acceptors (Lipinski definition) is 2. The molecule has 0 aromatic rings. The van der Waals surface area contributed by atoms with Crippen molar-refractivity contribution in [3.05, 3.63) is 35.1 Å². The number of carbonyl (C=O) groups excluding carboxylic acids is 1. The van der Waals surface area contributed by atoms with Crippen LogP contribution in [0.15, 0.2) is 35.1 Å². The highest BCUT2D eigenvalue weighted by atomic mass is 16.5. The predicted octanol–water partition coefficient (Wildman–Crippen LogP) is 0.966. The van der Waals surface area contributed by atoms with Gasteiger partial charge in [-0.2, -0.15) is 0 Å². The van der Waals surface area contributed by atoms with Crippen LogP contribution < -0.4 is 0 Å². The lowest BCUT2D eigenvalue weighted by molar-refractivity contribution is -0.104. The van der Waals surface area contributed by atoms with Gasteiger partial charge in [0, 0.05) is 11.1 Å². The zero-order valence-corrected chi connectivity index (χ0v) is 5.33. The van der Waals surface area contributed by atoms with E-state index in [9.17, 15) is 4.79 Å². The molecule has 1 heterocycles. The quantitative estimate of drug-likeness (QED) is 0.499. The van der Waals surface area contributed by atoms with Gasteiger partial charge in [0.05, 0.1) is 0 Å². The number of allylic oxidation sites excluding steroid dienone is 3. The Balaban J connectivity index is 2.41. The van der Waals surface area contributed by atoms with Gasteiger partial charge in [-0.25, -0.2) is 0 Å². The molecule has 0 saturated heterocycles. The van der Waals surface area contributed by atoms with Gasteiger partial charge in [-0.05, 0) is 18.2 Å². The lowest BCUT2D eigenvalue weighted by Crippen LogP contribution is -1.85. The summed E-state index contributed by atoms with van der Waals surface area (Å²) >= 11 is 0. The molecule has 2 rings (SSSR count). The molecule has 2 nitrogen and oxygen atoms in total. The summed E-state index contributed by atoms with van der Waals surface area (Å²) < 4.78 is 5.17. The van der Waals surface area contributed by atoms with Crippen LogP contribution in [0.1, 0.15) is 0 Å². The number of hydrogen-bond donors (Lipinski definition) is 0. The number of aldehydes is 1. The van der Waals surface area contributed by atoms with E-state index in [1.165, 1.54) is 0 Å². The molecule has 10 heavy (non-hydrogen) atoms. The third-order valence-electron chi connectivity index (χ3n) is 1.64. The Morgan fingerprint density at radius 2 is 2.40 bits per heavy atom. The summed E-state index contributed by atoms with van der Waals surface area (Å²) in [6.07, 6.45) is 6.36. The van der Waals surface area contributed by atoms with E-state index in [4.69, 9.17) is 4.74 Å². The lowest BCUT2D eigenvalue weighted by Gasteiger charge is -1.95. The van der Waals surface area contributed by atoms with E-state index in [2.05, 4.69) is 0 Å². The summed E-state index contributed by atoms with van der Waals surface area (Å²) in [7, 11) is 0. The number of ether oxygens (including phenoxy) is 1. The van der Waals surface area contributed by atoms with Crippen molar-refractivity contribution in [2.45, 2.75) is 0 Å². The van der Waals surface area contributed by atoms with Gasteiger partial charge in [-0.3, -0.25) is 4.79 Å². The third kappa shape index (κ3) is 0.559. The Morgan fingerprint density at radius 3 is 3.20 bits per heavy atom. The maximum atomic E-state index is 10.4. The topological polar surface area (TPSA) is 26.3 Å². The van der Waals surface area contributed by atoms with Crippen LogP contribution in [-0.4, -0.2) is 12.9 Å². The van der Waals surface area contributed by atoms with Gasteiger partial charge in [0.2, 0.25) is 0 Å². The van der Waals surface area contributed by atoms with Crippen LogP contribution in [0.4, 0.5) is 0 Å². The van der Waals surface area contributed by atoms with Crippen molar-refractivity contribution in [2.24, 2.45) is 0 Å². The van der Waals surface area contributed by atoms with Gasteiger partial charge in [0.1, 0.15) is 12.4 Å². The van der Waals surface area contributed by atoms with E-state index in [-0.39, 0.29) is 0 Å². The number of fused-ring (bicyclic) bond motifs is 1. The highest BCUT2D eigenvalue weighted by molar-refractivity contribution is 5.85. The molecule has 1 aliphatic carbocycles. The highest BCUT2D eigenvalue weighted by Gasteiger charge is 2.19. The second kappa shape index (κ2) is 1.84. The Kier molecular flexibility index (Phi) is 1.01. The maximum Gasteiger partial charge on any atom is 0.150 e. The summed E-state index contributed by atoms with van der Waals surface area (Å²) in [4.78, 5) is 10.4. The molecule has 0 radical (unpaired) electrons. The molecular formula is C8H6O2. The van der Waals surface area contributed by atoms with Crippen molar-refractivity contribution < 1.29 is 9.53 Å². The van der Waals surface area contributed by atoms with Crippen LogP contribution in [-0.2, 0) is 9.53 Å². The molecule has 0 N–H and O–H groups in total. The molecular weight excluding hydrogens is 128 g/mol. The van der Waals surface area contributed by atoms with Gasteiger partial charge in [-0.15, -0.1) is 0 Å². The second-order valence-corrected chi connectivity index (χ2v) is 2.20. The minimum Gasteiger partial charge on any atom is -0.489 e. The highest BCUT2D eigenvalue weighted by Crippen LogP contribution is 2.29. The molecule has 2 aliphatic rings. The van der Waals surface area contributed by atoms with Gasteiger partial charge in [-0.1, -0.05) is 0 Å². The molecule has 1 aliphatic heterocycles. The largest absolute Gasteiger partial charge is 0.489 e. The summed E-state index contributed by atoms with van der Waals surface area (Å²) in [5, 5.41) is 0. The van der Waals surface area contributed by atoms with E-state index in [0.717, 1.165) is 23.2 Å². The number of carbonyl (C=O) groups is 1. The zero-order chi connectivity index (χ0) is 6.97. The van der Waals surface area contributed by atoms with Crippen LogP contribution in [0.3, 0.4) is 0 Å². The molecule has 2 heteroatoms. The first-order valence-electron chi connectivity index (χ1n) is 3.12. The zero-order valence-electron chi connectivity index (χ0n) is 5.33. The number of rotatable bonds is 1. The SMILES string of the molecule is O=CC1=CC=C2OCC=C12. The first kappa shape index (κ1) is 5.47. The average Bonchev–Trinajstić information content (AvgIpc) is 2.44. The fourth-order valence-corrected chi connectivity index (χ4v) is 1.15. The predicted molar refractivity (Wildman–Crippen MR) is 36.3 cm³/mol. The Hall–Kier alpha value is -1.31. The van der Waals surface area contributed by atoms with Gasteiger partial charge in [0.15, 0.2) is 6.29 Å². The molecule has 0 atom stereocenters.